The van der Waals surface area contributed by atoms with Crippen LogP contribution in [0.1, 0.15) is 38.2 Å². The molecule has 0 spiro atoms. The quantitative estimate of drug-likeness (QED) is 0.888. The zero-order chi connectivity index (χ0) is 15.6. The van der Waals surface area contributed by atoms with Gasteiger partial charge >= 0.3 is 0 Å². The Labute approximate surface area is 138 Å². The standard InChI is InChI=1S/C17H26Cl2N2/c1-12-5-4-8-17(11-12,21(2)3)16(20)10-13-6-7-14(18)15(19)9-13/h6-7,9,12,16H,4-5,8,10-11,20H2,1-3H3. The summed E-state index contributed by atoms with van der Waals surface area (Å²) in [6, 6.07) is 5.94. The van der Waals surface area contributed by atoms with E-state index < -0.39 is 0 Å². The molecule has 1 aliphatic carbocycles. The topological polar surface area (TPSA) is 29.3 Å². The monoisotopic (exact) mass is 328 g/mol. The number of nitrogens with two attached hydrogens (primary N) is 1. The van der Waals surface area contributed by atoms with Crippen LogP contribution < -0.4 is 5.73 Å². The molecule has 0 bridgehead atoms. The van der Waals surface area contributed by atoms with Crippen LogP contribution in [-0.2, 0) is 6.42 Å². The molecule has 0 amide bonds. The molecule has 4 heteroatoms. The lowest BCUT2D eigenvalue weighted by molar-refractivity contribution is 0.0504. The number of rotatable bonds is 4. The van der Waals surface area contributed by atoms with Crippen LogP contribution in [-0.4, -0.2) is 30.6 Å². The molecule has 3 unspecified atom stereocenters. The van der Waals surface area contributed by atoms with Crippen molar-refractivity contribution in [1.29, 1.82) is 0 Å². The Hall–Kier alpha value is -0.280. The largest absolute Gasteiger partial charge is 0.326 e. The third-order valence-electron chi connectivity index (χ3n) is 5.03. The van der Waals surface area contributed by atoms with Crippen LogP contribution in [0.5, 0.6) is 0 Å². The van der Waals surface area contributed by atoms with Crippen molar-refractivity contribution in [3.05, 3.63) is 33.8 Å². The zero-order valence-electron chi connectivity index (χ0n) is 13.2. The normalized spacial score (nSPS) is 27.9. The van der Waals surface area contributed by atoms with E-state index in [1.165, 1.54) is 25.7 Å². The number of hydrogen-bond donors (Lipinski definition) is 1. The van der Waals surface area contributed by atoms with Gasteiger partial charge in [-0.05, 0) is 57.0 Å². The van der Waals surface area contributed by atoms with Gasteiger partial charge in [-0.15, -0.1) is 0 Å². The highest BCUT2D eigenvalue weighted by atomic mass is 35.5. The van der Waals surface area contributed by atoms with E-state index in [1.54, 1.807) is 0 Å². The Morgan fingerprint density at radius 1 is 1.33 bits per heavy atom. The molecule has 0 heterocycles. The summed E-state index contributed by atoms with van der Waals surface area (Å²) in [7, 11) is 4.32. The lowest BCUT2D eigenvalue weighted by Crippen LogP contribution is -2.60. The highest BCUT2D eigenvalue weighted by Crippen LogP contribution is 2.38. The summed E-state index contributed by atoms with van der Waals surface area (Å²) >= 11 is 12.1. The van der Waals surface area contributed by atoms with E-state index in [1.807, 2.05) is 18.2 Å². The summed E-state index contributed by atoms with van der Waals surface area (Å²) < 4.78 is 0. The zero-order valence-corrected chi connectivity index (χ0v) is 14.7. The van der Waals surface area contributed by atoms with Gasteiger partial charge in [-0.3, -0.25) is 0 Å². The molecule has 1 aromatic carbocycles. The fraction of sp³-hybridized carbons (Fsp3) is 0.647. The molecule has 3 atom stereocenters. The highest BCUT2D eigenvalue weighted by Gasteiger charge is 2.41. The molecule has 1 saturated carbocycles. The predicted octanol–water partition coefficient (Wildman–Crippen LogP) is 4.37. The number of hydrogen-bond acceptors (Lipinski definition) is 2. The van der Waals surface area contributed by atoms with Crippen molar-refractivity contribution in [1.82, 2.24) is 4.90 Å². The van der Waals surface area contributed by atoms with Gasteiger partial charge in [0.25, 0.3) is 0 Å². The molecule has 21 heavy (non-hydrogen) atoms. The minimum Gasteiger partial charge on any atom is -0.326 e. The van der Waals surface area contributed by atoms with E-state index in [0.29, 0.717) is 10.0 Å². The minimum absolute atomic E-state index is 0.0871. The fourth-order valence-electron chi connectivity index (χ4n) is 3.75. The smallest absolute Gasteiger partial charge is 0.0595 e. The lowest BCUT2D eigenvalue weighted by Gasteiger charge is -2.49. The maximum atomic E-state index is 6.65. The Balaban J connectivity index is 2.18. The van der Waals surface area contributed by atoms with Crippen molar-refractivity contribution in [3.8, 4) is 0 Å². The average molecular weight is 329 g/mol. The van der Waals surface area contributed by atoms with Crippen LogP contribution in [0.2, 0.25) is 10.0 Å². The second-order valence-corrected chi connectivity index (χ2v) is 7.57. The van der Waals surface area contributed by atoms with E-state index in [-0.39, 0.29) is 11.6 Å². The molecular formula is C17H26Cl2N2. The molecule has 0 aromatic heterocycles. The van der Waals surface area contributed by atoms with Crippen LogP contribution in [0, 0.1) is 5.92 Å². The maximum absolute atomic E-state index is 6.65. The Bertz CT molecular complexity index is 490. The van der Waals surface area contributed by atoms with Crippen LogP contribution in [0.25, 0.3) is 0 Å². The number of halogens is 2. The van der Waals surface area contributed by atoms with Gasteiger partial charge in [0.2, 0.25) is 0 Å². The SMILES string of the molecule is CC1CCCC(C(N)Cc2ccc(Cl)c(Cl)c2)(N(C)C)C1. The fourth-order valence-corrected chi connectivity index (χ4v) is 4.07. The van der Waals surface area contributed by atoms with Crippen molar-refractivity contribution in [3.63, 3.8) is 0 Å². The van der Waals surface area contributed by atoms with Crippen molar-refractivity contribution in [2.45, 2.75) is 50.6 Å². The summed E-state index contributed by atoms with van der Waals surface area (Å²) in [4.78, 5) is 2.34. The Morgan fingerprint density at radius 3 is 2.62 bits per heavy atom. The van der Waals surface area contributed by atoms with Gasteiger partial charge in [-0.1, -0.05) is 49.0 Å². The second-order valence-electron chi connectivity index (χ2n) is 6.76. The van der Waals surface area contributed by atoms with Crippen molar-refractivity contribution in [2.75, 3.05) is 14.1 Å². The molecule has 0 saturated heterocycles. The van der Waals surface area contributed by atoms with E-state index in [0.717, 1.165) is 17.9 Å². The van der Waals surface area contributed by atoms with Crippen LogP contribution >= 0.6 is 23.2 Å². The third-order valence-corrected chi connectivity index (χ3v) is 5.77. The second kappa shape index (κ2) is 6.87. The van der Waals surface area contributed by atoms with Crippen molar-refractivity contribution >= 4 is 23.2 Å². The summed E-state index contributed by atoms with van der Waals surface area (Å²) in [5.74, 6) is 0.737. The molecule has 2 N–H and O–H groups in total. The highest BCUT2D eigenvalue weighted by molar-refractivity contribution is 6.42. The van der Waals surface area contributed by atoms with Crippen LogP contribution in [0.4, 0.5) is 0 Å². The van der Waals surface area contributed by atoms with Crippen LogP contribution in [0.15, 0.2) is 18.2 Å². The summed E-state index contributed by atoms with van der Waals surface area (Å²) in [5.41, 5.74) is 7.90. The van der Waals surface area contributed by atoms with Gasteiger partial charge < -0.3 is 10.6 Å². The lowest BCUT2D eigenvalue weighted by atomic mass is 9.70. The summed E-state index contributed by atoms with van der Waals surface area (Å²) in [6.07, 6.45) is 5.75. The first kappa shape index (κ1) is 17.1. The molecule has 1 fully saturated rings. The summed E-state index contributed by atoms with van der Waals surface area (Å²) in [5, 5.41) is 1.21. The van der Waals surface area contributed by atoms with E-state index in [4.69, 9.17) is 28.9 Å². The molecular weight excluding hydrogens is 303 g/mol. The molecule has 1 aromatic rings. The van der Waals surface area contributed by atoms with Gasteiger partial charge in [0.1, 0.15) is 0 Å². The molecule has 0 aliphatic heterocycles. The number of likely N-dealkylation sites (N-methyl/N-ethyl adjacent to an activating group) is 1. The number of nitrogens with zero attached hydrogens (tertiary/aromatic N) is 1. The Morgan fingerprint density at radius 2 is 2.05 bits per heavy atom. The first-order chi connectivity index (χ1) is 9.85. The number of benzene rings is 1. The molecule has 1 aliphatic rings. The van der Waals surface area contributed by atoms with E-state index in [2.05, 4.69) is 25.9 Å². The first-order valence-electron chi connectivity index (χ1n) is 7.72. The first-order valence-corrected chi connectivity index (χ1v) is 8.47. The van der Waals surface area contributed by atoms with Gasteiger partial charge in [-0.2, -0.15) is 0 Å². The predicted molar refractivity (Wildman–Crippen MR) is 92.2 cm³/mol. The maximum Gasteiger partial charge on any atom is 0.0595 e. The van der Waals surface area contributed by atoms with Gasteiger partial charge in [-0.25, -0.2) is 0 Å². The van der Waals surface area contributed by atoms with Crippen molar-refractivity contribution in [2.24, 2.45) is 11.7 Å². The minimum atomic E-state index is 0.0871. The molecule has 2 rings (SSSR count). The van der Waals surface area contributed by atoms with Crippen LogP contribution in [0.3, 0.4) is 0 Å². The van der Waals surface area contributed by atoms with Gasteiger partial charge in [0, 0.05) is 11.6 Å². The van der Waals surface area contributed by atoms with Crippen molar-refractivity contribution < 1.29 is 0 Å². The average Bonchev–Trinajstić information content (AvgIpc) is 2.42. The molecule has 2 nitrogen and oxygen atoms in total. The molecule has 118 valence electrons. The van der Waals surface area contributed by atoms with E-state index in [9.17, 15) is 0 Å². The third kappa shape index (κ3) is 3.73. The van der Waals surface area contributed by atoms with Gasteiger partial charge in [0.15, 0.2) is 0 Å². The Kier molecular flexibility index (Phi) is 5.59. The van der Waals surface area contributed by atoms with Gasteiger partial charge in [0.05, 0.1) is 10.0 Å². The molecule has 0 radical (unpaired) electrons. The summed E-state index contributed by atoms with van der Waals surface area (Å²) in [6.45, 7) is 2.34. The van der Waals surface area contributed by atoms with E-state index >= 15 is 0 Å².